The fourth-order valence-electron chi connectivity index (χ4n) is 4.17. The number of rotatable bonds is 9. The normalized spacial score (nSPS) is 12.9. The average molecular weight is 492 g/mol. The zero-order valence-electron chi connectivity index (χ0n) is 20.3. The minimum absolute atomic E-state index is 0.212. The van der Waals surface area contributed by atoms with Crippen LogP contribution >= 0.6 is 0 Å². The molecular formula is C32H29NO2S. The molecule has 4 rings (SSSR count). The molecule has 0 fully saturated rings. The first kappa shape index (κ1) is 25.1. The maximum absolute atomic E-state index is 13.6. The minimum atomic E-state index is -3.86. The summed E-state index contributed by atoms with van der Waals surface area (Å²) in [4.78, 5) is 0.212. The van der Waals surface area contributed by atoms with Crippen LogP contribution in [-0.4, -0.2) is 8.42 Å². The summed E-state index contributed by atoms with van der Waals surface area (Å²) in [5.41, 5.74) is 5.94. The summed E-state index contributed by atoms with van der Waals surface area (Å²) in [6.45, 7) is 10.4. The van der Waals surface area contributed by atoms with Crippen molar-refractivity contribution in [1.29, 1.82) is 0 Å². The molecular weight excluding hydrogens is 462 g/mol. The van der Waals surface area contributed by atoms with Crippen LogP contribution < -0.4 is 4.72 Å². The molecule has 0 spiro atoms. The Labute approximate surface area is 214 Å². The van der Waals surface area contributed by atoms with E-state index in [0.717, 1.165) is 39.0 Å². The predicted octanol–water partition coefficient (Wildman–Crippen LogP) is 7.37. The minimum Gasteiger partial charge on any atom is -0.207 e. The second kappa shape index (κ2) is 11.2. The molecule has 1 N–H and O–H groups in total. The van der Waals surface area contributed by atoms with E-state index >= 15 is 0 Å². The Balaban J connectivity index is 1.95. The zero-order chi connectivity index (χ0) is 25.5. The number of sulfonamides is 1. The molecule has 4 aromatic carbocycles. The van der Waals surface area contributed by atoms with Crippen molar-refractivity contribution < 1.29 is 8.42 Å². The highest BCUT2D eigenvalue weighted by molar-refractivity contribution is 7.89. The number of hydrogen-bond donors (Lipinski definition) is 1. The molecule has 1 atom stereocenters. The predicted molar refractivity (Wildman–Crippen MR) is 150 cm³/mol. The third-order valence-corrected chi connectivity index (χ3v) is 7.49. The first-order valence-corrected chi connectivity index (χ1v) is 13.2. The highest BCUT2D eigenvalue weighted by atomic mass is 32.2. The number of benzene rings is 4. The third-order valence-electron chi connectivity index (χ3n) is 6.05. The highest BCUT2D eigenvalue weighted by Gasteiger charge is 2.28. The second-order valence-electron chi connectivity index (χ2n) is 8.52. The molecule has 180 valence electrons. The maximum Gasteiger partial charge on any atom is 0.241 e. The van der Waals surface area contributed by atoms with Gasteiger partial charge < -0.3 is 0 Å². The van der Waals surface area contributed by atoms with Crippen molar-refractivity contribution in [2.24, 2.45) is 0 Å². The van der Waals surface area contributed by atoms with Crippen molar-refractivity contribution in [1.82, 2.24) is 4.72 Å². The summed E-state index contributed by atoms with van der Waals surface area (Å²) in [5, 5.41) is 0. The van der Waals surface area contributed by atoms with E-state index in [9.17, 15) is 8.42 Å². The first-order chi connectivity index (χ1) is 17.4. The van der Waals surface area contributed by atoms with Crippen LogP contribution in [0.3, 0.4) is 0 Å². The fourth-order valence-corrected chi connectivity index (χ4v) is 5.36. The summed E-state index contributed by atoms with van der Waals surface area (Å²) in [6.07, 6.45) is 1.76. The molecule has 3 nitrogen and oxygen atoms in total. The lowest BCUT2D eigenvalue weighted by molar-refractivity contribution is 0.575. The van der Waals surface area contributed by atoms with Gasteiger partial charge >= 0.3 is 0 Å². The van der Waals surface area contributed by atoms with Crippen molar-refractivity contribution >= 4 is 21.2 Å². The van der Waals surface area contributed by atoms with Gasteiger partial charge in [-0.15, -0.1) is 0 Å². The second-order valence-corrected chi connectivity index (χ2v) is 10.2. The Bertz CT molecular complexity index is 1470. The highest BCUT2D eigenvalue weighted by Crippen LogP contribution is 2.39. The Hall–Kier alpha value is -3.99. The van der Waals surface area contributed by atoms with Crippen molar-refractivity contribution in [2.75, 3.05) is 0 Å². The Morgan fingerprint density at radius 2 is 1.25 bits per heavy atom. The lowest BCUT2D eigenvalue weighted by Gasteiger charge is -2.26. The van der Waals surface area contributed by atoms with Crippen LogP contribution in [0.2, 0.25) is 0 Å². The van der Waals surface area contributed by atoms with E-state index in [4.69, 9.17) is 0 Å². The van der Waals surface area contributed by atoms with Gasteiger partial charge in [-0.2, -0.15) is 4.72 Å². The van der Waals surface area contributed by atoms with Crippen LogP contribution in [0.25, 0.3) is 11.1 Å². The number of aryl methyl sites for hydroxylation is 1. The molecule has 0 bridgehead atoms. The van der Waals surface area contributed by atoms with E-state index in [0.29, 0.717) is 0 Å². The van der Waals surface area contributed by atoms with Gasteiger partial charge in [-0.1, -0.05) is 128 Å². The molecule has 4 heteroatoms. The van der Waals surface area contributed by atoms with Crippen molar-refractivity contribution in [3.63, 3.8) is 0 Å². The van der Waals surface area contributed by atoms with E-state index in [1.165, 1.54) is 0 Å². The Morgan fingerprint density at radius 3 is 1.78 bits per heavy atom. The smallest absolute Gasteiger partial charge is 0.207 e. The molecule has 0 aliphatic carbocycles. The molecule has 0 aromatic heterocycles. The molecule has 0 aliphatic heterocycles. The van der Waals surface area contributed by atoms with Gasteiger partial charge in [0.05, 0.1) is 10.9 Å². The van der Waals surface area contributed by atoms with Gasteiger partial charge in [-0.05, 0) is 52.5 Å². The van der Waals surface area contributed by atoms with Gasteiger partial charge in [0.15, 0.2) is 0 Å². The number of allylic oxidation sites excluding steroid dienone is 3. The summed E-state index contributed by atoms with van der Waals surface area (Å²) in [7, 11) is -3.86. The molecule has 0 amide bonds. The molecule has 0 unspecified atom stereocenters. The molecule has 0 aliphatic rings. The SMILES string of the molecule is C=C/C(C(=C)c1ccccc1)=C(\c1ccccc1)[C@H](NS(=O)(=O)c1ccc(C)cc1)c1ccccc1. The molecule has 36 heavy (non-hydrogen) atoms. The van der Waals surface area contributed by atoms with Crippen LogP contribution in [-0.2, 0) is 10.0 Å². The van der Waals surface area contributed by atoms with Crippen LogP contribution in [0.15, 0.2) is 145 Å². The standard InChI is InChI=1S/C32H29NO2S/c1-4-30(25(3)26-14-8-5-9-15-26)31(27-16-10-6-11-17-27)32(28-18-12-7-13-19-28)33-36(34,35)29-22-20-24(2)21-23-29/h4-23,32-33H,1,3H2,2H3/b31-30-/t32-/m1/s1. The van der Waals surface area contributed by atoms with Gasteiger partial charge in [0.2, 0.25) is 10.0 Å². The average Bonchev–Trinajstić information content (AvgIpc) is 2.92. The Morgan fingerprint density at radius 1 is 0.750 bits per heavy atom. The summed E-state index contributed by atoms with van der Waals surface area (Å²) < 4.78 is 30.3. The lowest BCUT2D eigenvalue weighted by Crippen LogP contribution is -2.30. The monoisotopic (exact) mass is 491 g/mol. The van der Waals surface area contributed by atoms with Crippen LogP contribution in [0.4, 0.5) is 0 Å². The molecule has 0 heterocycles. The molecule has 4 aromatic rings. The first-order valence-electron chi connectivity index (χ1n) is 11.7. The van der Waals surface area contributed by atoms with Crippen LogP contribution in [0.1, 0.15) is 28.3 Å². The van der Waals surface area contributed by atoms with Crippen molar-refractivity contribution in [3.8, 4) is 0 Å². The number of nitrogens with one attached hydrogen (secondary N) is 1. The van der Waals surface area contributed by atoms with E-state index in [2.05, 4.69) is 17.9 Å². The van der Waals surface area contributed by atoms with Gasteiger partial charge in [0.1, 0.15) is 0 Å². The third kappa shape index (κ3) is 5.62. The Kier molecular flexibility index (Phi) is 7.79. The molecule has 0 radical (unpaired) electrons. The fraction of sp³-hybridized carbons (Fsp3) is 0.0625. The quantitative estimate of drug-likeness (QED) is 0.249. The van der Waals surface area contributed by atoms with Crippen LogP contribution in [0, 0.1) is 6.92 Å². The van der Waals surface area contributed by atoms with Gasteiger partial charge in [0.25, 0.3) is 0 Å². The van der Waals surface area contributed by atoms with Gasteiger partial charge in [-0.25, -0.2) is 8.42 Å². The van der Waals surface area contributed by atoms with E-state index in [-0.39, 0.29) is 4.90 Å². The summed E-state index contributed by atoms with van der Waals surface area (Å²) >= 11 is 0. The maximum atomic E-state index is 13.6. The van der Waals surface area contributed by atoms with Crippen molar-refractivity contribution in [2.45, 2.75) is 17.9 Å². The zero-order valence-corrected chi connectivity index (χ0v) is 21.1. The van der Waals surface area contributed by atoms with E-state index in [1.54, 1.807) is 30.3 Å². The number of hydrogen-bond acceptors (Lipinski definition) is 2. The molecule has 0 saturated heterocycles. The lowest BCUT2D eigenvalue weighted by atomic mass is 9.85. The van der Waals surface area contributed by atoms with Gasteiger partial charge in [0, 0.05) is 0 Å². The van der Waals surface area contributed by atoms with Crippen LogP contribution in [0.5, 0.6) is 0 Å². The summed E-state index contributed by atoms with van der Waals surface area (Å²) in [5.74, 6) is 0. The van der Waals surface area contributed by atoms with E-state index < -0.39 is 16.1 Å². The molecule has 0 saturated carbocycles. The largest absolute Gasteiger partial charge is 0.241 e. The van der Waals surface area contributed by atoms with Crippen molar-refractivity contribution in [3.05, 3.63) is 162 Å². The topological polar surface area (TPSA) is 46.2 Å². The van der Waals surface area contributed by atoms with E-state index in [1.807, 2.05) is 97.9 Å². The van der Waals surface area contributed by atoms with Gasteiger partial charge in [-0.3, -0.25) is 0 Å². The summed E-state index contributed by atoms with van der Waals surface area (Å²) in [6, 6.07) is 35.4.